The Kier molecular flexibility index (Phi) is 3.46. The van der Waals surface area contributed by atoms with Gasteiger partial charge in [-0.25, -0.2) is 9.97 Å². The summed E-state index contributed by atoms with van der Waals surface area (Å²) in [5.41, 5.74) is 7.68. The van der Waals surface area contributed by atoms with Crippen LogP contribution in [0, 0.1) is 0 Å². The zero-order valence-corrected chi connectivity index (χ0v) is 15.4. The highest BCUT2D eigenvalue weighted by atomic mass is 16.2. The van der Waals surface area contributed by atoms with Crippen LogP contribution in [-0.2, 0) is 5.41 Å². The second kappa shape index (κ2) is 5.76. The standard InChI is InChI=1S/C23H19BN2O/c1-23(2)18-9-5-3-7-15(18)16-12-11-14(13-19(16)23)22-25-20-10-6-4-8-17(20)21(24-27)26-22/h3-13,24,27H,1-2H3. The number of aromatic nitrogens is 2. The number of fused-ring (bicyclic) bond motifs is 4. The molecule has 0 fully saturated rings. The maximum atomic E-state index is 9.77. The first-order valence-electron chi connectivity index (χ1n) is 9.21. The first kappa shape index (κ1) is 16.2. The summed E-state index contributed by atoms with van der Waals surface area (Å²) in [6.45, 7) is 4.53. The van der Waals surface area contributed by atoms with Crippen molar-refractivity contribution in [2.75, 3.05) is 0 Å². The third kappa shape index (κ3) is 2.33. The van der Waals surface area contributed by atoms with Crippen LogP contribution in [0.2, 0.25) is 0 Å². The molecule has 0 bridgehead atoms. The zero-order chi connectivity index (χ0) is 18.6. The molecule has 0 aliphatic heterocycles. The number of hydrogen-bond donors (Lipinski definition) is 1. The van der Waals surface area contributed by atoms with Gasteiger partial charge >= 0.3 is 7.48 Å². The maximum Gasteiger partial charge on any atom is 0.326 e. The van der Waals surface area contributed by atoms with Gasteiger partial charge in [0.25, 0.3) is 0 Å². The highest BCUT2D eigenvalue weighted by molar-refractivity contribution is 6.48. The minimum absolute atomic E-state index is 0.0570. The van der Waals surface area contributed by atoms with E-state index in [1.807, 2.05) is 24.3 Å². The number of nitrogens with zero attached hydrogens (tertiary/aromatic N) is 2. The van der Waals surface area contributed by atoms with Crippen LogP contribution in [0.5, 0.6) is 0 Å². The largest absolute Gasteiger partial charge is 0.448 e. The van der Waals surface area contributed by atoms with E-state index >= 15 is 0 Å². The summed E-state index contributed by atoms with van der Waals surface area (Å²) in [5.74, 6) is 0.660. The molecular formula is C23H19BN2O. The van der Waals surface area contributed by atoms with Crippen molar-refractivity contribution in [3.8, 4) is 22.5 Å². The van der Waals surface area contributed by atoms with Gasteiger partial charge in [0.2, 0.25) is 0 Å². The number of benzene rings is 3. The SMILES string of the molecule is CC1(C)c2ccccc2-c2ccc(-c3nc(BO)c4ccccc4n3)cc21. The van der Waals surface area contributed by atoms with Crippen LogP contribution in [0.15, 0.2) is 66.7 Å². The molecule has 5 rings (SSSR count). The highest BCUT2D eigenvalue weighted by Gasteiger charge is 2.35. The van der Waals surface area contributed by atoms with Crippen LogP contribution < -0.4 is 5.59 Å². The van der Waals surface area contributed by atoms with Crippen molar-refractivity contribution in [1.82, 2.24) is 9.97 Å². The molecule has 0 spiro atoms. The summed E-state index contributed by atoms with van der Waals surface area (Å²) in [4.78, 5) is 9.41. The third-order valence-electron chi connectivity index (χ3n) is 5.67. The van der Waals surface area contributed by atoms with Crippen LogP contribution in [0.1, 0.15) is 25.0 Å². The van der Waals surface area contributed by atoms with Gasteiger partial charge in [-0.1, -0.05) is 68.4 Å². The Morgan fingerprint density at radius 1 is 0.815 bits per heavy atom. The topological polar surface area (TPSA) is 46.0 Å². The molecule has 1 aliphatic rings. The van der Waals surface area contributed by atoms with Crippen molar-refractivity contribution < 1.29 is 5.02 Å². The second-order valence-corrected chi connectivity index (χ2v) is 7.60. The first-order valence-corrected chi connectivity index (χ1v) is 9.21. The van der Waals surface area contributed by atoms with Gasteiger partial charge in [0, 0.05) is 22.0 Å². The fourth-order valence-corrected chi connectivity index (χ4v) is 4.24. The molecule has 1 N–H and O–H groups in total. The Morgan fingerprint density at radius 3 is 2.41 bits per heavy atom. The molecule has 0 radical (unpaired) electrons. The molecule has 130 valence electrons. The predicted molar refractivity (Wildman–Crippen MR) is 112 cm³/mol. The lowest BCUT2D eigenvalue weighted by atomic mass is 9.82. The molecule has 0 atom stereocenters. The van der Waals surface area contributed by atoms with Crippen molar-refractivity contribution in [2.45, 2.75) is 19.3 Å². The first-order chi connectivity index (χ1) is 13.1. The van der Waals surface area contributed by atoms with E-state index in [4.69, 9.17) is 4.98 Å². The quantitative estimate of drug-likeness (QED) is 0.562. The molecule has 0 unspecified atom stereocenters. The number of hydrogen-bond acceptors (Lipinski definition) is 3. The lowest BCUT2D eigenvalue weighted by Crippen LogP contribution is -2.21. The van der Waals surface area contributed by atoms with E-state index in [0.717, 1.165) is 16.5 Å². The van der Waals surface area contributed by atoms with E-state index in [1.165, 1.54) is 22.3 Å². The fraction of sp³-hybridized carbons (Fsp3) is 0.130. The third-order valence-corrected chi connectivity index (χ3v) is 5.67. The molecule has 0 amide bonds. The molecule has 4 heteroatoms. The summed E-state index contributed by atoms with van der Waals surface area (Å²) in [6, 6.07) is 22.9. The zero-order valence-electron chi connectivity index (χ0n) is 15.4. The van der Waals surface area contributed by atoms with Gasteiger partial charge in [-0.15, -0.1) is 0 Å². The van der Waals surface area contributed by atoms with Crippen LogP contribution in [0.3, 0.4) is 0 Å². The molecule has 0 saturated carbocycles. The maximum absolute atomic E-state index is 9.77. The lowest BCUT2D eigenvalue weighted by Gasteiger charge is -2.21. The van der Waals surface area contributed by atoms with E-state index in [-0.39, 0.29) is 12.9 Å². The van der Waals surface area contributed by atoms with Crippen LogP contribution in [0.4, 0.5) is 0 Å². The average Bonchev–Trinajstić information content (AvgIpc) is 2.94. The molecule has 1 aliphatic carbocycles. The van der Waals surface area contributed by atoms with Gasteiger partial charge in [-0.05, 0) is 34.4 Å². The molecule has 3 nitrogen and oxygen atoms in total. The molecule has 0 saturated heterocycles. The summed E-state index contributed by atoms with van der Waals surface area (Å²) in [7, 11) is -0.0993. The van der Waals surface area contributed by atoms with E-state index in [1.54, 1.807) is 0 Å². The number of rotatable bonds is 2. The van der Waals surface area contributed by atoms with Gasteiger partial charge in [0.15, 0.2) is 5.82 Å². The Balaban J connectivity index is 1.71. The van der Waals surface area contributed by atoms with Gasteiger partial charge < -0.3 is 5.02 Å². The molecule has 4 aromatic rings. The lowest BCUT2D eigenvalue weighted by molar-refractivity contribution is 0.614. The van der Waals surface area contributed by atoms with Gasteiger partial charge in [-0.3, -0.25) is 0 Å². The van der Waals surface area contributed by atoms with E-state index in [0.29, 0.717) is 11.4 Å². The van der Waals surface area contributed by atoms with E-state index in [9.17, 15) is 5.02 Å². The highest BCUT2D eigenvalue weighted by Crippen LogP contribution is 2.49. The van der Waals surface area contributed by atoms with Crippen molar-refractivity contribution >= 4 is 24.0 Å². The molecule has 27 heavy (non-hydrogen) atoms. The van der Waals surface area contributed by atoms with Crippen molar-refractivity contribution in [1.29, 1.82) is 0 Å². The average molecular weight is 350 g/mol. The fourth-order valence-electron chi connectivity index (χ4n) is 4.24. The Hall–Kier alpha value is -2.98. The molecule has 1 aromatic heterocycles. The minimum atomic E-state index is -0.0993. The van der Waals surface area contributed by atoms with Gasteiger partial charge in [-0.2, -0.15) is 0 Å². The summed E-state index contributed by atoms with van der Waals surface area (Å²) < 4.78 is 0. The second-order valence-electron chi connectivity index (χ2n) is 7.60. The molecule has 1 heterocycles. The Morgan fingerprint density at radius 2 is 1.56 bits per heavy atom. The smallest absolute Gasteiger partial charge is 0.326 e. The molecule has 3 aromatic carbocycles. The van der Waals surface area contributed by atoms with Crippen LogP contribution in [-0.4, -0.2) is 22.5 Å². The number of para-hydroxylation sites is 1. The van der Waals surface area contributed by atoms with E-state index < -0.39 is 0 Å². The van der Waals surface area contributed by atoms with Gasteiger partial charge in [0.05, 0.1) is 5.52 Å². The van der Waals surface area contributed by atoms with Crippen LogP contribution in [0.25, 0.3) is 33.4 Å². The Bertz CT molecular complexity index is 1200. The normalized spacial score (nSPS) is 14.0. The van der Waals surface area contributed by atoms with Crippen molar-refractivity contribution in [3.05, 3.63) is 77.9 Å². The van der Waals surface area contributed by atoms with Crippen molar-refractivity contribution in [2.24, 2.45) is 0 Å². The van der Waals surface area contributed by atoms with E-state index in [2.05, 4.69) is 61.3 Å². The predicted octanol–water partition coefficient (Wildman–Crippen LogP) is 3.57. The summed E-state index contributed by atoms with van der Waals surface area (Å²) in [6.07, 6.45) is 0. The van der Waals surface area contributed by atoms with Crippen LogP contribution >= 0.6 is 0 Å². The summed E-state index contributed by atoms with van der Waals surface area (Å²) >= 11 is 0. The van der Waals surface area contributed by atoms with Gasteiger partial charge in [0.1, 0.15) is 0 Å². The molecular weight excluding hydrogens is 331 g/mol. The van der Waals surface area contributed by atoms with Crippen molar-refractivity contribution in [3.63, 3.8) is 0 Å². The minimum Gasteiger partial charge on any atom is -0.448 e. The monoisotopic (exact) mass is 350 g/mol. The Labute approximate surface area is 159 Å². The summed E-state index contributed by atoms with van der Waals surface area (Å²) in [5, 5.41) is 10.7.